The summed E-state index contributed by atoms with van der Waals surface area (Å²) in [6.07, 6.45) is 2.52. The highest BCUT2D eigenvalue weighted by Crippen LogP contribution is 2.18. The Morgan fingerprint density at radius 2 is 1.62 bits per heavy atom. The third-order valence-electron chi connectivity index (χ3n) is 2.64. The molecule has 0 aromatic heterocycles. The first-order chi connectivity index (χ1) is 7.69. The van der Waals surface area contributed by atoms with E-state index in [2.05, 4.69) is 19.9 Å². The van der Waals surface area contributed by atoms with Gasteiger partial charge in [0.05, 0.1) is 0 Å². The predicted octanol–water partition coefficient (Wildman–Crippen LogP) is 3.17. The summed E-state index contributed by atoms with van der Waals surface area (Å²) in [5, 5.41) is 0. The molecule has 0 fully saturated rings. The van der Waals surface area contributed by atoms with Gasteiger partial charge in [-0.15, -0.1) is 0 Å². The Kier molecular flexibility index (Phi) is 5.03. The van der Waals surface area contributed by atoms with Gasteiger partial charge in [0.1, 0.15) is 12.4 Å². The Morgan fingerprint density at radius 3 is 2.06 bits per heavy atom. The van der Waals surface area contributed by atoms with Crippen LogP contribution in [0.3, 0.4) is 0 Å². The molecule has 1 rings (SSSR count). The fourth-order valence-corrected chi connectivity index (χ4v) is 1.49. The second kappa shape index (κ2) is 6.31. The topological polar surface area (TPSA) is 26.3 Å². The first kappa shape index (κ1) is 12.8. The van der Waals surface area contributed by atoms with E-state index < -0.39 is 0 Å². The third kappa shape index (κ3) is 3.69. The smallest absolute Gasteiger partial charge is 0.169 e. The summed E-state index contributed by atoms with van der Waals surface area (Å²) in [4.78, 5) is 11.2. The van der Waals surface area contributed by atoms with Crippen LogP contribution in [-0.4, -0.2) is 12.4 Å². The van der Waals surface area contributed by atoms with Crippen LogP contribution in [0.4, 0.5) is 0 Å². The van der Waals surface area contributed by atoms with Crippen LogP contribution in [0.15, 0.2) is 18.2 Å². The molecule has 88 valence electrons. The zero-order valence-electron chi connectivity index (χ0n) is 10.4. The molecule has 0 unspecified atom stereocenters. The summed E-state index contributed by atoms with van der Waals surface area (Å²) in [5.41, 5.74) is 2.52. The largest absolute Gasteiger partial charge is 0.486 e. The van der Waals surface area contributed by atoms with Crippen molar-refractivity contribution in [1.82, 2.24) is 0 Å². The van der Waals surface area contributed by atoms with E-state index in [0.717, 1.165) is 18.6 Å². The van der Waals surface area contributed by atoms with Gasteiger partial charge in [0, 0.05) is 6.42 Å². The highest BCUT2D eigenvalue weighted by Gasteiger charge is 2.03. The van der Waals surface area contributed by atoms with Crippen molar-refractivity contribution in [3.05, 3.63) is 29.3 Å². The van der Waals surface area contributed by atoms with E-state index >= 15 is 0 Å². The molecule has 0 heterocycles. The molecule has 0 atom stereocenters. The van der Waals surface area contributed by atoms with Gasteiger partial charge in [-0.2, -0.15) is 0 Å². The normalized spacial score (nSPS) is 10.2. The predicted molar refractivity (Wildman–Crippen MR) is 66.0 cm³/mol. The minimum atomic E-state index is 0.139. The van der Waals surface area contributed by atoms with Crippen molar-refractivity contribution in [2.45, 2.75) is 40.0 Å². The van der Waals surface area contributed by atoms with E-state index in [-0.39, 0.29) is 12.4 Å². The van der Waals surface area contributed by atoms with E-state index in [4.69, 9.17) is 4.74 Å². The average molecular weight is 220 g/mol. The molecule has 2 nitrogen and oxygen atoms in total. The van der Waals surface area contributed by atoms with Gasteiger partial charge in [-0.05, 0) is 36.1 Å². The van der Waals surface area contributed by atoms with Crippen molar-refractivity contribution < 1.29 is 9.53 Å². The van der Waals surface area contributed by atoms with Gasteiger partial charge < -0.3 is 4.74 Å². The van der Waals surface area contributed by atoms with Gasteiger partial charge in [-0.3, -0.25) is 4.79 Å². The van der Waals surface area contributed by atoms with Crippen LogP contribution >= 0.6 is 0 Å². The minimum absolute atomic E-state index is 0.139. The molecule has 0 saturated carbocycles. The molecule has 0 radical (unpaired) electrons. The highest BCUT2D eigenvalue weighted by atomic mass is 16.5. The van der Waals surface area contributed by atoms with Gasteiger partial charge in [0.15, 0.2) is 5.78 Å². The van der Waals surface area contributed by atoms with Crippen molar-refractivity contribution in [2.24, 2.45) is 0 Å². The fourth-order valence-electron chi connectivity index (χ4n) is 1.49. The highest BCUT2D eigenvalue weighted by molar-refractivity contribution is 5.79. The minimum Gasteiger partial charge on any atom is -0.486 e. The Hall–Kier alpha value is -1.31. The molecule has 0 spiro atoms. The molecule has 0 aliphatic rings. The van der Waals surface area contributed by atoms with Crippen molar-refractivity contribution >= 4 is 5.78 Å². The number of rotatable bonds is 6. The molecular formula is C14H20O2. The number of Topliss-reactive ketones (excluding diaryl/α,β-unsaturated/α-hetero) is 1. The summed E-state index contributed by atoms with van der Waals surface area (Å²) >= 11 is 0. The molecule has 1 aromatic carbocycles. The van der Waals surface area contributed by atoms with E-state index in [0.29, 0.717) is 6.42 Å². The number of aryl methyl sites for hydroxylation is 2. The first-order valence-electron chi connectivity index (χ1n) is 5.96. The summed E-state index contributed by atoms with van der Waals surface area (Å²) in [6.45, 7) is 6.28. The quantitative estimate of drug-likeness (QED) is 0.736. The Balaban J connectivity index is 2.74. The molecular weight excluding hydrogens is 200 g/mol. The third-order valence-corrected chi connectivity index (χ3v) is 2.64. The SMILES string of the molecule is CCC(=O)COc1cc(CC)cc(CC)c1. The van der Waals surface area contributed by atoms with Crippen molar-refractivity contribution in [2.75, 3.05) is 6.61 Å². The summed E-state index contributed by atoms with van der Waals surface area (Å²) in [7, 11) is 0. The van der Waals surface area contributed by atoms with E-state index in [1.165, 1.54) is 11.1 Å². The second-order valence-electron chi connectivity index (χ2n) is 3.87. The first-order valence-corrected chi connectivity index (χ1v) is 5.96. The fraction of sp³-hybridized carbons (Fsp3) is 0.500. The zero-order chi connectivity index (χ0) is 12.0. The maximum absolute atomic E-state index is 11.2. The van der Waals surface area contributed by atoms with Gasteiger partial charge in [0.25, 0.3) is 0 Å². The lowest BCUT2D eigenvalue weighted by Gasteiger charge is -2.09. The molecule has 0 aliphatic carbocycles. The van der Waals surface area contributed by atoms with Crippen LogP contribution in [0.1, 0.15) is 38.3 Å². The summed E-state index contributed by atoms with van der Waals surface area (Å²) in [5.74, 6) is 0.956. The van der Waals surface area contributed by atoms with E-state index in [1.807, 2.05) is 19.1 Å². The monoisotopic (exact) mass is 220 g/mol. The molecule has 0 aliphatic heterocycles. The Bertz CT molecular complexity index is 334. The van der Waals surface area contributed by atoms with Crippen LogP contribution in [0.5, 0.6) is 5.75 Å². The maximum atomic E-state index is 11.2. The number of hydrogen-bond donors (Lipinski definition) is 0. The maximum Gasteiger partial charge on any atom is 0.169 e. The number of hydrogen-bond acceptors (Lipinski definition) is 2. The molecule has 0 saturated heterocycles. The Morgan fingerprint density at radius 1 is 1.06 bits per heavy atom. The van der Waals surface area contributed by atoms with Crippen molar-refractivity contribution in [3.8, 4) is 5.75 Å². The molecule has 0 bridgehead atoms. The van der Waals surface area contributed by atoms with E-state index in [9.17, 15) is 4.79 Å². The summed E-state index contributed by atoms with van der Waals surface area (Å²) in [6, 6.07) is 6.22. The molecule has 1 aromatic rings. The lowest BCUT2D eigenvalue weighted by molar-refractivity contribution is -0.120. The number of benzene rings is 1. The number of ether oxygens (including phenoxy) is 1. The van der Waals surface area contributed by atoms with Gasteiger partial charge in [-0.1, -0.05) is 26.8 Å². The Labute approximate surface area is 97.6 Å². The second-order valence-corrected chi connectivity index (χ2v) is 3.87. The van der Waals surface area contributed by atoms with E-state index in [1.54, 1.807) is 0 Å². The van der Waals surface area contributed by atoms with Crippen LogP contribution < -0.4 is 4.74 Å². The van der Waals surface area contributed by atoms with Gasteiger partial charge in [0.2, 0.25) is 0 Å². The number of carbonyl (C=O) groups excluding carboxylic acids is 1. The average Bonchev–Trinajstić information content (AvgIpc) is 2.35. The van der Waals surface area contributed by atoms with Crippen LogP contribution in [-0.2, 0) is 17.6 Å². The van der Waals surface area contributed by atoms with Crippen LogP contribution in [0, 0.1) is 0 Å². The van der Waals surface area contributed by atoms with Crippen molar-refractivity contribution in [3.63, 3.8) is 0 Å². The lowest BCUT2D eigenvalue weighted by atomic mass is 10.1. The molecule has 0 N–H and O–H groups in total. The summed E-state index contributed by atoms with van der Waals surface area (Å²) < 4.78 is 5.49. The molecule has 16 heavy (non-hydrogen) atoms. The molecule has 0 amide bonds. The van der Waals surface area contributed by atoms with Crippen molar-refractivity contribution in [1.29, 1.82) is 0 Å². The zero-order valence-corrected chi connectivity index (χ0v) is 10.4. The molecule has 2 heteroatoms. The number of carbonyl (C=O) groups is 1. The van der Waals surface area contributed by atoms with Gasteiger partial charge >= 0.3 is 0 Å². The number of ketones is 1. The van der Waals surface area contributed by atoms with Crippen LogP contribution in [0.2, 0.25) is 0 Å². The van der Waals surface area contributed by atoms with Crippen LogP contribution in [0.25, 0.3) is 0 Å². The lowest BCUT2D eigenvalue weighted by Crippen LogP contribution is -2.09. The van der Waals surface area contributed by atoms with Gasteiger partial charge in [-0.25, -0.2) is 0 Å². The standard InChI is InChI=1S/C14H20O2/c1-4-11-7-12(5-2)9-14(8-11)16-10-13(15)6-3/h7-9H,4-6,10H2,1-3H3.